The molecule has 0 bridgehead atoms. The first-order valence-corrected chi connectivity index (χ1v) is 11.3. The van der Waals surface area contributed by atoms with Crippen molar-refractivity contribution in [3.63, 3.8) is 0 Å². The lowest BCUT2D eigenvalue weighted by atomic mass is 10.2. The average molecular weight is 398 g/mol. The number of allylic oxidation sites excluding steroid dienone is 3. The zero-order valence-electron chi connectivity index (χ0n) is 16.8. The van der Waals surface area contributed by atoms with Gasteiger partial charge < -0.3 is 5.32 Å². The Morgan fingerprint density at radius 3 is 1.90 bits per heavy atom. The van der Waals surface area contributed by atoms with Crippen molar-refractivity contribution >= 4 is 24.1 Å². The van der Waals surface area contributed by atoms with E-state index in [0.717, 1.165) is 12.0 Å². The highest BCUT2D eigenvalue weighted by Crippen LogP contribution is 2.34. The molecule has 0 aliphatic heterocycles. The van der Waals surface area contributed by atoms with Crippen molar-refractivity contribution in [2.75, 3.05) is 0 Å². The minimum absolute atomic E-state index is 0.653. The Labute approximate surface area is 175 Å². The Bertz CT molecular complexity index is 893. The topological polar surface area (TPSA) is 24.4 Å². The minimum atomic E-state index is -0.772. The van der Waals surface area contributed by atoms with Crippen LogP contribution in [0.5, 0.6) is 0 Å². The number of aliphatic imine (C=N–C) groups is 1. The van der Waals surface area contributed by atoms with E-state index in [1.807, 2.05) is 18.3 Å². The number of rotatable bonds is 8. The summed E-state index contributed by atoms with van der Waals surface area (Å²) in [6.07, 6.45) is 9.24. The van der Waals surface area contributed by atoms with E-state index >= 15 is 0 Å². The van der Waals surface area contributed by atoms with Gasteiger partial charge in [-0.1, -0.05) is 110 Å². The van der Waals surface area contributed by atoms with Crippen LogP contribution in [0, 0.1) is 0 Å². The Balaban J connectivity index is 1.97. The van der Waals surface area contributed by atoms with E-state index in [2.05, 4.69) is 109 Å². The maximum atomic E-state index is 5.02. The molecule has 0 radical (unpaired) electrons. The molecular formula is C26H27N2P. The van der Waals surface area contributed by atoms with Crippen LogP contribution >= 0.6 is 7.92 Å². The fourth-order valence-electron chi connectivity index (χ4n) is 2.87. The van der Waals surface area contributed by atoms with Gasteiger partial charge >= 0.3 is 0 Å². The first-order valence-electron chi connectivity index (χ1n) is 9.95. The molecule has 0 aliphatic carbocycles. The molecule has 0 spiro atoms. The molecule has 3 rings (SSSR count). The molecule has 0 unspecified atom stereocenters. The van der Waals surface area contributed by atoms with Crippen LogP contribution in [0.1, 0.15) is 18.9 Å². The molecule has 146 valence electrons. The number of nitrogens with zero attached hydrogens (tertiary/aromatic N) is 1. The van der Waals surface area contributed by atoms with Crippen LogP contribution in [-0.4, -0.2) is 5.58 Å². The van der Waals surface area contributed by atoms with Crippen molar-refractivity contribution in [1.82, 2.24) is 5.32 Å². The van der Waals surface area contributed by atoms with Crippen molar-refractivity contribution in [3.05, 3.63) is 121 Å². The number of hydrogen-bond donors (Lipinski definition) is 1. The Morgan fingerprint density at radius 1 is 0.793 bits per heavy atom. The molecule has 3 aromatic carbocycles. The quantitative estimate of drug-likeness (QED) is 0.222. The summed E-state index contributed by atoms with van der Waals surface area (Å²) < 4.78 is 0. The smallest absolute Gasteiger partial charge is 0.133 e. The second-order valence-electron chi connectivity index (χ2n) is 6.47. The van der Waals surface area contributed by atoms with E-state index in [4.69, 9.17) is 4.99 Å². The summed E-state index contributed by atoms with van der Waals surface area (Å²) in [7, 11) is -0.772. The van der Waals surface area contributed by atoms with E-state index in [0.29, 0.717) is 6.54 Å². The van der Waals surface area contributed by atoms with Gasteiger partial charge in [0.15, 0.2) is 0 Å². The summed E-state index contributed by atoms with van der Waals surface area (Å²) in [4.78, 5) is 5.02. The van der Waals surface area contributed by atoms with Gasteiger partial charge in [0.05, 0.1) is 6.54 Å². The van der Waals surface area contributed by atoms with Gasteiger partial charge in [-0.2, -0.15) is 0 Å². The largest absolute Gasteiger partial charge is 0.346 e. The molecule has 3 heteroatoms. The Hall–Kier alpha value is -2.96. The standard InChI is InChI=1S/C26H27N2P/c1-2-3-4-14-21-27-26(28-22-23-15-8-5-9-16-23)29(24-17-10-6-11-18-24)25-19-12-7-13-20-25/h3-21H,2,22H2,1H3,(H,27,28)/b4-3-,21-14-. The van der Waals surface area contributed by atoms with E-state index in [1.165, 1.54) is 16.2 Å². The van der Waals surface area contributed by atoms with Crippen LogP contribution in [0.3, 0.4) is 0 Å². The molecule has 0 atom stereocenters. The van der Waals surface area contributed by atoms with E-state index < -0.39 is 7.92 Å². The van der Waals surface area contributed by atoms with Gasteiger partial charge in [0.1, 0.15) is 5.58 Å². The number of hydrogen-bond acceptors (Lipinski definition) is 1. The highest BCUT2D eigenvalue weighted by Gasteiger charge is 2.19. The predicted molar refractivity (Wildman–Crippen MR) is 128 cm³/mol. The number of benzene rings is 3. The fraction of sp³-hybridized carbons (Fsp3) is 0.115. The molecule has 0 aliphatic rings. The van der Waals surface area contributed by atoms with Crippen LogP contribution < -0.4 is 15.9 Å². The molecule has 2 nitrogen and oxygen atoms in total. The SMILES string of the molecule is CC/C=C\C=C/NC(=NCc1ccccc1)P(c1ccccc1)c1ccccc1. The Morgan fingerprint density at radius 2 is 1.34 bits per heavy atom. The fourth-order valence-corrected chi connectivity index (χ4v) is 5.01. The minimum Gasteiger partial charge on any atom is -0.346 e. The molecule has 1 N–H and O–H groups in total. The molecule has 0 saturated heterocycles. The maximum absolute atomic E-state index is 5.02. The lowest BCUT2D eigenvalue weighted by molar-refractivity contribution is 1.05. The Kier molecular flexibility index (Phi) is 8.44. The van der Waals surface area contributed by atoms with Crippen LogP contribution in [0.15, 0.2) is 120 Å². The van der Waals surface area contributed by atoms with Gasteiger partial charge in [-0.15, -0.1) is 0 Å². The van der Waals surface area contributed by atoms with Gasteiger partial charge in [0.25, 0.3) is 0 Å². The molecule has 0 heterocycles. The van der Waals surface area contributed by atoms with Crippen molar-refractivity contribution < 1.29 is 0 Å². The zero-order chi connectivity index (χ0) is 20.2. The summed E-state index contributed by atoms with van der Waals surface area (Å²) >= 11 is 0. The van der Waals surface area contributed by atoms with Crippen molar-refractivity contribution in [2.24, 2.45) is 4.99 Å². The third kappa shape index (κ3) is 6.55. The molecule has 0 fully saturated rings. The molecule has 0 aromatic heterocycles. The van der Waals surface area contributed by atoms with E-state index in [-0.39, 0.29) is 0 Å². The predicted octanol–water partition coefficient (Wildman–Crippen LogP) is 5.75. The van der Waals surface area contributed by atoms with Crippen molar-refractivity contribution in [2.45, 2.75) is 19.9 Å². The molecular weight excluding hydrogens is 371 g/mol. The number of amidine groups is 1. The molecule has 3 aromatic rings. The average Bonchev–Trinajstić information content (AvgIpc) is 2.79. The summed E-state index contributed by atoms with van der Waals surface area (Å²) in [5.74, 6) is 0. The highest BCUT2D eigenvalue weighted by molar-refractivity contribution is 7.88. The van der Waals surface area contributed by atoms with Crippen LogP contribution in [-0.2, 0) is 6.54 Å². The van der Waals surface area contributed by atoms with Crippen molar-refractivity contribution in [1.29, 1.82) is 0 Å². The first kappa shape index (κ1) is 20.8. The maximum Gasteiger partial charge on any atom is 0.133 e. The summed E-state index contributed by atoms with van der Waals surface area (Å²) in [5, 5.41) is 6.06. The highest BCUT2D eigenvalue weighted by atomic mass is 31.1. The lowest BCUT2D eigenvalue weighted by Gasteiger charge is -2.21. The normalized spacial score (nSPS) is 12.1. The molecule has 0 amide bonds. The first-order chi connectivity index (χ1) is 14.4. The van der Waals surface area contributed by atoms with Crippen LogP contribution in [0.2, 0.25) is 0 Å². The third-order valence-corrected chi connectivity index (χ3v) is 6.61. The lowest BCUT2D eigenvalue weighted by Crippen LogP contribution is -2.26. The van der Waals surface area contributed by atoms with Gasteiger partial charge in [-0.25, -0.2) is 0 Å². The van der Waals surface area contributed by atoms with E-state index in [1.54, 1.807) is 0 Å². The second-order valence-corrected chi connectivity index (χ2v) is 8.60. The van der Waals surface area contributed by atoms with Gasteiger partial charge in [0, 0.05) is 14.1 Å². The summed E-state index contributed by atoms with van der Waals surface area (Å²) in [5.41, 5.74) is 2.21. The van der Waals surface area contributed by atoms with Crippen LogP contribution in [0.4, 0.5) is 0 Å². The van der Waals surface area contributed by atoms with Gasteiger partial charge in [-0.3, -0.25) is 4.99 Å². The molecule has 0 saturated carbocycles. The van der Waals surface area contributed by atoms with Crippen LogP contribution in [0.25, 0.3) is 0 Å². The zero-order valence-corrected chi connectivity index (χ0v) is 17.7. The summed E-state index contributed by atoms with van der Waals surface area (Å²) in [6, 6.07) is 31.7. The third-order valence-electron chi connectivity index (χ3n) is 4.29. The van der Waals surface area contributed by atoms with E-state index in [9.17, 15) is 0 Å². The second kappa shape index (κ2) is 11.8. The van der Waals surface area contributed by atoms with Gasteiger partial charge in [0.2, 0.25) is 0 Å². The summed E-state index contributed by atoms with van der Waals surface area (Å²) in [6.45, 7) is 2.79. The molecule has 29 heavy (non-hydrogen) atoms. The monoisotopic (exact) mass is 398 g/mol. The number of nitrogens with one attached hydrogen (secondary N) is 1. The van der Waals surface area contributed by atoms with Crippen molar-refractivity contribution in [3.8, 4) is 0 Å². The van der Waals surface area contributed by atoms with Gasteiger partial charge in [-0.05, 0) is 28.7 Å².